The highest BCUT2D eigenvalue weighted by Gasteiger charge is 2.34. The molecular weight excluding hydrogens is 505 g/mol. The van der Waals surface area contributed by atoms with Crippen molar-refractivity contribution in [3.63, 3.8) is 0 Å². The number of ether oxygens (including phenoxy) is 2. The van der Waals surface area contributed by atoms with E-state index in [0.29, 0.717) is 57.3 Å². The van der Waals surface area contributed by atoms with Crippen molar-refractivity contribution in [1.29, 1.82) is 0 Å². The standard InChI is InChI=1S/C26H19Cl2N3O5/c27-17-2-1-3-18(28)22(17)23-16(24(36-31-23)14-5-6-14)12-34-26-29-11-21-19(30-26)9-8-13-4-7-15(25(32)33)10-20(13)35-21/h1-4,7,10-11,14H,5-6,8-9,12H2,(H,32,33). The Morgan fingerprint density at radius 1 is 1.11 bits per heavy atom. The number of aromatic nitrogens is 3. The Kier molecular flexibility index (Phi) is 5.78. The topological polar surface area (TPSA) is 108 Å². The quantitative estimate of drug-likeness (QED) is 0.305. The van der Waals surface area contributed by atoms with Gasteiger partial charge in [-0.05, 0) is 55.5 Å². The van der Waals surface area contributed by atoms with E-state index in [-0.39, 0.29) is 18.2 Å². The largest absolute Gasteiger partial charge is 0.478 e. The summed E-state index contributed by atoms with van der Waals surface area (Å²) in [5.74, 6) is 1.01. The van der Waals surface area contributed by atoms with E-state index < -0.39 is 5.97 Å². The molecule has 1 fully saturated rings. The van der Waals surface area contributed by atoms with Crippen molar-refractivity contribution >= 4 is 29.2 Å². The molecule has 182 valence electrons. The minimum atomic E-state index is -1.01. The minimum absolute atomic E-state index is 0.133. The van der Waals surface area contributed by atoms with Gasteiger partial charge in [0.1, 0.15) is 23.8 Å². The fourth-order valence-corrected chi connectivity index (χ4v) is 4.84. The number of hydrogen-bond acceptors (Lipinski definition) is 7. The molecule has 0 bridgehead atoms. The van der Waals surface area contributed by atoms with E-state index in [1.807, 2.05) is 0 Å². The van der Waals surface area contributed by atoms with Gasteiger partial charge in [-0.2, -0.15) is 9.97 Å². The van der Waals surface area contributed by atoms with Gasteiger partial charge >= 0.3 is 12.0 Å². The smallest absolute Gasteiger partial charge is 0.335 e. The molecule has 1 aliphatic heterocycles. The predicted molar refractivity (Wildman–Crippen MR) is 131 cm³/mol. The maximum Gasteiger partial charge on any atom is 0.335 e. The number of hydrogen-bond donors (Lipinski definition) is 1. The van der Waals surface area contributed by atoms with Crippen LogP contribution in [0.15, 0.2) is 47.1 Å². The van der Waals surface area contributed by atoms with E-state index in [2.05, 4.69) is 15.1 Å². The molecule has 4 aromatic rings. The van der Waals surface area contributed by atoms with Crippen LogP contribution in [0.2, 0.25) is 10.0 Å². The Labute approximate surface area is 215 Å². The molecule has 2 aliphatic rings. The third-order valence-electron chi connectivity index (χ3n) is 6.28. The van der Waals surface area contributed by atoms with Gasteiger partial charge in [0.2, 0.25) is 0 Å². The van der Waals surface area contributed by atoms with Crippen LogP contribution in [-0.4, -0.2) is 26.2 Å². The Morgan fingerprint density at radius 3 is 2.67 bits per heavy atom. The van der Waals surface area contributed by atoms with Crippen molar-refractivity contribution < 1.29 is 23.9 Å². The fourth-order valence-electron chi connectivity index (χ4n) is 4.27. The Bertz CT molecular complexity index is 1480. The molecule has 2 aromatic heterocycles. The second-order valence-corrected chi connectivity index (χ2v) is 9.54. The summed E-state index contributed by atoms with van der Waals surface area (Å²) in [6.45, 7) is 0.133. The molecular formula is C26H19Cl2N3O5. The van der Waals surface area contributed by atoms with E-state index >= 15 is 0 Å². The molecule has 6 rings (SSSR count). The van der Waals surface area contributed by atoms with Gasteiger partial charge in [-0.25, -0.2) is 4.79 Å². The van der Waals surface area contributed by atoms with Crippen LogP contribution in [0.4, 0.5) is 0 Å². The number of nitrogens with zero attached hydrogens (tertiary/aromatic N) is 3. The fraction of sp³-hybridized carbons (Fsp3) is 0.231. The molecule has 0 unspecified atom stereocenters. The van der Waals surface area contributed by atoms with E-state index in [9.17, 15) is 9.90 Å². The van der Waals surface area contributed by atoms with Crippen LogP contribution in [0.3, 0.4) is 0 Å². The molecule has 0 spiro atoms. The summed E-state index contributed by atoms with van der Waals surface area (Å²) in [6.07, 6.45) is 4.82. The number of halogens is 2. The normalized spacial score (nSPS) is 14.4. The van der Waals surface area contributed by atoms with E-state index in [0.717, 1.165) is 29.7 Å². The summed E-state index contributed by atoms with van der Waals surface area (Å²) in [7, 11) is 0. The van der Waals surface area contributed by atoms with Gasteiger partial charge in [0.05, 0.1) is 33.1 Å². The number of benzene rings is 2. The number of aromatic carboxylic acids is 1. The number of carboxylic acids is 1. The number of carboxylic acid groups (broad SMARTS) is 1. The van der Waals surface area contributed by atoms with Gasteiger partial charge in [-0.1, -0.05) is 40.5 Å². The number of aryl methyl sites for hydroxylation is 2. The lowest BCUT2D eigenvalue weighted by molar-refractivity contribution is 0.0696. The van der Waals surface area contributed by atoms with Gasteiger partial charge < -0.3 is 19.1 Å². The van der Waals surface area contributed by atoms with Gasteiger partial charge in [-0.3, -0.25) is 0 Å². The SMILES string of the molecule is O=C(O)c1ccc2c(c1)Oc1cnc(OCc3c(-c4c(Cl)cccc4Cl)noc3C3CC3)nc1CC2. The van der Waals surface area contributed by atoms with Crippen molar-refractivity contribution in [3.8, 4) is 28.8 Å². The summed E-state index contributed by atoms with van der Waals surface area (Å²) in [5.41, 5.74) is 3.67. The first-order valence-corrected chi connectivity index (χ1v) is 12.2. The highest BCUT2D eigenvalue weighted by Crippen LogP contribution is 2.46. The summed E-state index contributed by atoms with van der Waals surface area (Å²) >= 11 is 12.9. The molecule has 0 radical (unpaired) electrons. The molecule has 1 aliphatic carbocycles. The van der Waals surface area contributed by atoms with E-state index in [4.69, 9.17) is 37.2 Å². The lowest BCUT2D eigenvalue weighted by atomic mass is 10.0. The lowest BCUT2D eigenvalue weighted by Crippen LogP contribution is -2.04. The van der Waals surface area contributed by atoms with Crippen LogP contribution in [0.1, 0.15) is 51.7 Å². The molecule has 1 N–H and O–H groups in total. The first kappa shape index (κ1) is 22.8. The number of fused-ring (bicyclic) bond motifs is 2. The third kappa shape index (κ3) is 4.27. The van der Waals surface area contributed by atoms with Crippen LogP contribution in [0, 0.1) is 0 Å². The lowest BCUT2D eigenvalue weighted by Gasteiger charge is -2.11. The summed E-state index contributed by atoms with van der Waals surface area (Å²) < 4.78 is 17.7. The first-order chi connectivity index (χ1) is 17.5. The maximum absolute atomic E-state index is 11.3. The highest BCUT2D eigenvalue weighted by molar-refractivity contribution is 6.39. The van der Waals surface area contributed by atoms with Crippen LogP contribution < -0.4 is 9.47 Å². The highest BCUT2D eigenvalue weighted by atomic mass is 35.5. The van der Waals surface area contributed by atoms with Gasteiger partial charge in [0, 0.05) is 11.5 Å². The first-order valence-electron chi connectivity index (χ1n) is 11.4. The third-order valence-corrected chi connectivity index (χ3v) is 6.91. The predicted octanol–water partition coefficient (Wildman–Crippen LogP) is 6.48. The molecule has 8 nitrogen and oxygen atoms in total. The Morgan fingerprint density at radius 2 is 1.92 bits per heavy atom. The van der Waals surface area contributed by atoms with Crippen molar-refractivity contribution in [2.75, 3.05) is 0 Å². The van der Waals surface area contributed by atoms with Crippen LogP contribution >= 0.6 is 23.2 Å². The molecule has 36 heavy (non-hydrogen) atoms. The van der Waals surface area contributed by atoms with Crippen molar-refractivity contribution in [2.45, 2.75) is 38.2 Å². The molecule has 3 heterocycles. The zero-order valence-corrected chi connectivity index (χ0v) is 20.3. The average Bonchev–Trinajstić information content (AvgIpc) is 3.65. The maximum atomic E-state index is 11.3. The van der Waals surface area contributed by atoms with E-state index in [1.165, 1.54) is 6.07 Å². The molecule has 1 saturated carbocycles. The van der Waals surface area contributed by atoms with Gasteiger partial charge in [0.15, 0.2) is 5.75 Å². The summed E-state index contributed by atoms with van der Waals surface area (Å²) in [4.78, 5) is 20.2. The summed E-state index contributed by atoms with van der Waals surface area (Å²) in [6, 6.07) is 10.3. The molecule has 0 amide bonds. The molecule has 0 saturated heterocycles. The van der Waals surface area contributed by atoms with Crippen LogP contribution in [-0.2, 0) is 19.4 Å². The van der Waals surface area contributed by atoms with Crippen LogP contribution in [0.25, 0.3) is 11.3 Å². The van der Waals surface area contributed by atoms with Crippen molar-refractivity contribution in [1.82, 2.24) is 15.1 Å². The number of carbonyl (C=O) groups is 1. The minimum Gasteiger partial charge on any atom is -0.478 e. The van der Waals surface area contributed by atoms with Crippen molar-refractivity contribution in [3.05, 3.63) is 80.8 Å². The van der Waals surface area contributed by atoms with Gasteiger partial charge in [0.25, 0.3) is 0 Å². The Hall–Kier alpha value is -3.62. The van der Waals surface area contributed by atoms with Gasteiger partial charge in [-0.15, -0.1) is 0 Å². The van der Waals surface area contributed by atoms with Crippen LogP contribution in [0.5, 0.6) is 17.5 Å². The Balaban J connectivity index is 1.27. The van der Waals surface area contributed by atoms with E-state index in [1.54, 1.807) is 36.5 Å². The molecule has 10 heteroatoms. The second kappa shape index (κ2) is 9.11. The molecule has 0 atom stereocenters. The average molecular weight is 524 g/mol. The summed E-state index contributed by atoms with van der Waals surface area (Å²) in [5, 5.41) is 14.5. The zero-order valence-electron chi connectivity index (χ0n) is 18.8. The second-order valence-electron chi connectivity index (χ2n) is 8.73. The molecule has 2 aromatic carbocycles. The number of rotatable bonds is 6. The monoisotopic (exact) mass is 523 g/mol. The van der Waals surface area contributed by atoms with Crippen molar-refractivity contribution in [2.24, 2.45) is 0 Å². The zero-order chi connectivity index (χ0) is 24.8.